The SMILES string of the molecule is Clc1c(Cl)c(Cl)[c]([Ge]([Cl])([Cl])[c]2c(Cl)c(Cl)c(Cl)c(Cl)c2Cl)c(Cl)c1Cl. The van der Waals surface area contributed by atoms with Crippen molar-refractivity contribution >= 4 is 156 Å². The molecule has 0 amide bonds. The molecule has 13 heteroatoms. The van der Waals surface area contributed by atoms with Crippen molar-refractivity contribution < 1.29 is 0 Å². The Bertz CT molecular complexity index is 761. The van der Waals surface area contributed by atoms with Crippen LogP contribution in [0.1, 0.15) is 0 Å². The first kappa shape index (κ1) is 23.7. The van der Waals surface area contributed by atoms with Gasteiger partial charge in [0.1, 0.15) is 0 Å². The van der Waals surface area contributed by atoms with Crippen LogP contribution in [0, 0.1) is 0 Å². The molecule has 0 heterocycles. The van der Waals surface area contributed by atoms with Gasteiger partial charge in [-0.05, 0) is 0 Å². The number of halogens is 12. The Labute approximate surface area is 204 Å². The number of rotatable bonds is 2. The maximum absolute atomic E-state index is 6.70. The van der Waals surface area contributed by atoms with Gasteiger partial charge in [0.15, 0.2) is 0 Å². The summed E-state index contributed by atoms with van der Waals surface area (Å²) in [5.74, 6) is 0. The molecular formula is C12Cl12Ge. The van der Waals surface area contributed by atoms with Gasteiger partial charge in [-0.2, -0.15) is 0 Å². The van der Waals surface area contributed by atoms with Crippen molar-refractivity contribution in [3.8, 4) is 0 Å². The van der Waals surface area contributed by atoms with Crippen LogP contribution in [0.4, 0.5) is 0 Å². The molecule has 0 spiro atoms. The molecule has 0 aliphatic heterocycles. The molecule has 25 heavy (non-hydrogen) atoms. The normalized spacial score (nSPS) is 12.0. The molecule has 0 aliphatic rings. The van der Waals surface area contributed by atoms with Crippen LogP contribution >= 0.6 is 136 Å². The van der Waals surface area contributed by atoms with Gasteiger partial charge >= 0.3 is 206 Å². The first-order valence-electron chi connectivity index (χ1n) is 5.77. The minimum atomic E-state index is -4.47. The predicted molar refractivity (Wildman–Crippen MR) is 120 cm³/mol. The molecule has 0 saturated heterocycles. The fourth-order valence-electron chi connectivity index (χ4n) is 1.89. The fourth-order valence-corrected chi connectivity index (χ4v) is 17.6. The van der Waals surface area contributed by atoms with Crippen LogP contribution in [0.15, 0.2) is 0 Å². The van der Waals surface area contributed by atoms with Crippen LogP contribution in [0.5, 0.6) is 0 Å². The Kier molecular flexibility index (Phi) is 8.24. The van der Waals surface area contributed by atoms with Crippen molar-refractivity contribution in [1.82, 2.24) is 0 Å². The Morgan fingerprint density at radius 3 is 0.680 bits per heavy atom. The van der Waals surface area contributed by atoms with Gasteiger partial charge in [0.2, 0.25) is 0 Å². The quantitative estimate of drug-likeness (QED) is 0.174. The van der Waals surface area contributed by atoms with E-state index in [0.717, 1.165) is 0 Å². The Morgan fingerprint density at radius 2 is 0.480 bits per heavy atom. The first-order valence-corrected chi connectivity index (χ1v) is 17.2. The molecule has 136 valence electrons. The van der Waals surface area contributed by atoms with Gasteiger partial charge < -0.3 is 0 Å². The average Bonchev–Trinajstić information content (AvgIpc) is 2.54. The molecule has 0 aromatic heterocycles. The Balaban J connectivity index is 2.96. The van der Waals surface area contributed by atoms with Crippen molar-refractivity contribution in [3.63, 3.8) is 0 Å². The van der Waals surface area contributed by atoms with E-state index in [2.05, 4.69) is 0 Å². The summed E-state index contributed by atoms with van der Waals surface area (Å²) in [4.78, 5) is 0. The molecule has 0 nitrogen and oxygen atoms in total. The molecule has 0 fully saturated rings. The Hall–Kier alpha value is 2.46. The van der Waals surface area contributed by atoms with E-state index in [9.17, 15) is 0 Å². The predicted octanol–water partition coefficient (Wildman–Crippen LogP) is 9.25. The van der Waals surface area contributed by atoms with E-state index in [-0.39, 0.29) is 59.0 Å². The van der Waals surface area contributed by atoms with Crippen molar-refractivity contribution in [1.29, 1.82) is 0 Å². The average molecular weight is 642 g/mol. The number of hydrogen-bond donors (Lipinski definition) is 0. The van der Waals surface area contributed by atoms with Crippen molar-refractivity contribution in [2.24, 2.45) is 0 Å². The van der Waals surface area contributed by atoms with Crippen molar-refractivity contribution in [3.05, 3.63) is 50.2 Å². The minimum absolute atomic E-state index is 0.0435. The summed E-state index contributed by atoms with van der Waals surface area (Å²) in [6, 6.07) is 0. The molecule has 0 N–H and O–H groups in total. The van der Waals surface area contributed by atoms with Crippen LogP contribution in [0.2, 0.25) is 50.2 Å². The molecule has 2 aromatic carbocycles. The van der Waals surface area contributed by atoms with E-state index in [1.165, 1.54) is 0 Å². The number of benzene rings is 2. The summed E-state index contributed by atoms with van der Waals surface area (Å²) in [5.41, 5.74) is 0. The second kappa shape index (κ2) is 8.68. The monoisotopic (exact) mass is 638 g/mol. The van der Waals surface area contributed by atoms with Gasteiger partial charge in [0.05, 0.1) is 0 Å². The summed E-state index contributed by atoms with van der Waals surface area (Å²) in [5, 5.41) is -0.632. The van der Waals surface area contributed by atoms with Crippen molar-refractivity contribution in [2.75, 3.05) is 0 Å². The molecule has 0 unspecified atom stereocenters. The summed E-state index contributed by atoms with van der Waals surface area (Å²) in [6.45, 7) is 0. The summed E-state index contributed by atoms with van der Waals surface area (Å²) in [6.07, 6.45) is 0. The zero-order valence-corrected chi connectivity index (χ0v) is 22.2. The molecule has 0 aliphatic carbocycles. The van der Waals surface area contributed by atoms with Gasteiger partial charge in [0.25, 0.3) is 0 Å². The summed E-state index contributed by atoms with van der Waals surface area (Å²) < 4.78 is 0.175. The van der Waals surface area contributed by atoms with Crippen LogP contribution in [-0.4, -0.2) is 11.4 Å². The van der Waals surface area contributed by atoms with E-state index >= 15 is 0 Å². The Morgan fingerprint density at radius 1 is 0.320 bits per heavy atom. The second-order valence-corrected chi connectivity index (χ2v) is 19.6. The first-order chi connectivity index (χ1) is 11.4. The van der Waals surface area contributed by atoms with E-state index in [0.29, 0.717) is 0 Å². The third-order valence-electron chi connectivity index (χ3n) is 3.05. The molecule has 0 atom stereocenters. The second-order valence-electron chi connectivity index (χ2n) is 4.46. The molecular weight excluding hydrogens is 642 g/mol. The topological polar surface area (TPSA) is 0 Å². The summed E-state index contributed by atoms with van der Waals surface area (Å²) >= 11 is 56.9. The van der Waals surface area contributed by atoms with Gasteiger partial charge in [-0.25, -0.2) is 0 Å². The fraction of sp³-hybridized carbons (Fsp3) is 0. The standard InChI is InChI=1S/C12Cl12Ge/c13-1-3(15)7(19)11(8(20)4(1)16)25(23,24)12-9(21)5(17)2(14)6(18)10(12)22. The third-order valence-corrected chi connectivity index (χ3v) is 17.6. The van der Waals surface area contributed by atoms with Gasteiger partial charge in [-0.15, -0.1) is 0 Å². The van der Waals surface area contributed by atoms with E-state index in [1.807, 2.05) is 0 Å². The summed E-state index contributed by atoms with van der Waals surface area (Å²) in [7, 11) is 13.4. The zero-order chi connectivity index (χ0) is 19.4. The molecule has 2 rings (SSSR count). The maximum atomic E-state index is 6.70. The molecule has 0 saturated carbocycles. The van der Waals surface area contributed by atoms with E-state index < -0.39 is 11.4 Å². The zero-order valence-electron chi connectivity index (χ0n) is 11.0. The van der Waals surface area contributed by atoms with Crippen LogP contribution in [0.25, 0.3) is 0 Å². The van der Waals surface area contributed by atoms with E-state index in [1.54, 1.807) is 0 Å². The van der Waals surface area contributed by atoms with Crippen LogP contribution < -0.4 is 8.79 Å². The third kappa shape index (κ3) is 4.06. The molecule has 0 radical (unpaired) electrons. The van der Waals surface area contributed by atoms with E-state index in [4.69, 9.17) is 136 Å². The van der Waals surface area contributed by atoms with Gasteiger partial charge in [0, 0.05) is 0 Å². The molecule has 2 aromatic rings. The van der Waals surface area contributed by atoms with Crippen molar-refractivity contribution in [2.45, 2.75) is 0 Å². The van der Waals surface area contributed by atoms with Gasteiger partial charge in [-0.3, -0.25) is 0 Å². The van der Waals surface area contributed by atoms with Gasteiger partial charge in [-0.1, -0.05) is 0 Å². The molecule has 0 bridgehead atoms. The van der Waals surface area contributed by atoms with Crippen LogP contribution in [0.3, 0.4) is 0 Å². The number of hydrogen-bond acceptors (Lipinski definition) is 0. The van der Waals surface area contributed by atoms with Crippen LogP contribution in [-0.2, 0) is 0 Å².